The third kappa shape index (κ3) is 4.67. The van der Waals surface area contributed by atoms with Crippen LogP contribution in [0.15, 0.2) is 48.5 Å². The Morgan fingerprint density at radius 3 is 2.13 bits per heavy atom. The summed E-state index contributed by atoms with van der Waals surface area (Å²) in [5.41, 5.74) is 4.12. The molecule has 0 aliphatic heterocycles. The van der Waals surface area contributed by atoms with Crippen LogP contribution in [0.2, 0.25) is 0 Å². The summed E-state index contributed by atoms with van der Waals surface area (Å²) in [5, 5.41) is 8.95. The number of carboxylic acids is 1. The molecule has 0 bridgehead atoms. The highest BCUT2D eigenvalue weighted by molar-refractivity contribution is 5.87. The molecule has 0 aliphatic carbocycles. The van der Waals surface area contributed by atoms with Crippen molar-refractivity contribution < 1.29 is 9.90 Å². The molecule has 2 aromatic carbocycles. The number of benzene rings is 2. The second-order valence-electron chi connectivity index (χ2n) is 6.92. The predicted molar refractivity (Wildman–Crippen MR) is 93.9 cm³/mol. The molecule has 0 spiro atoms. The van der Waals surface area contributed by atoms with Gasteiger partial charge in [0.05, 0.1) is 5.56 Å². The average molecular weight is 311 g/mol. The highest BCUT2D eigenvalue weighted by Crippen LogP contribution is 2.25. The van der Waals surface area contributed by atoms with E-state index < -0.39 is 5.97 Å². The normalized spacial score (nSPS) is 11.7. The number of carboxylic acid groups (broad SMARTS) is 1. The van der Waals surface area contributed by atoms with Crippen LogP contribution in [0.3, 0.4) is 0 Å². The molecule has 122 valence electrons. The average Bonchev–Trinajstić information content (AvgIpc) is 2.47. The van der Waals surface area contributed by atoms with Crippen LogP contribution < -0.4 is 0 Å². The predicted octanol–water partition coefficient (Wildman–Crippen LogP) is 4.10. The summed E-state index contributed by atoms with van der Waals surface area (Å²) in [6, 6.07) is 15.8. The molecule has 2 aromatic rings. The summed E-state index contributed by atoms with van der Waals surface area (Å²) < 4.78 is 0. The minimum absolute atomic E-state index is 0.0590. The van der Waals surface area contributed by atoms with Gasteiger partial charge in [0.25, 0.3) is 0 Å². The Balaban J connectivity index is 2.01. The molecule has 2 rings (SSSR count). The maximum Gasteiger partial charge on any atom is 0.335 e. The molecule has 0 saturated heterocycles. The van der Waals surface area contributed by atoms with E-state index in [4.69, 9.17) is 5.11 Å². The van der Waals surface area contributed by atoms with Gasteiger partial charge in [-0.05, 0) is 37.2 Å². The van der Waals surface area contributed by atoms with Crippen LogP contribution in [-0.4, -0.2) is 29.6 Å². The molecule has 3 nitrogen and oxygen atoms in total. The van der Waals surface area contributed by atoms with E-state index in [1.54, 1.807) is 12.1 Å². The van der Waals surface area contributed by atoms with Crippen LogP contribution in [0.5, 0.6) is 0 Å². The summed E-state index contributed by atoms with van der Waals surface area (Å²) in [6.07, 6.45) is 0. The molecule has 0 radical (unpaired) electrons. The first-order valence-electron chi connectivity index (χ1n) is 7.86. The Kier molecular flexibility index (Phi) is 5.22. The smallest absolute Gasteiger partial charge is 0.335 e. The minimum Gasteiger partial charge on any atom is -0.478 e. The molecule has 0 heterocycles. The van der Waals surface area contributed by atoms with Crippen molar-refractivity contribution in [2.24, 2.45) is 0 Å². The van der Waals surface area contributed by atoms with Gasteiger partial charge in [0.1, 0.15) is 0 Å². The number of aromatic carboxylic acids is 1. The van der Waals surface area contributed by atoms with Crippen molar-refractivity contribution >= 4 is 5.97 Å². The number of hydrogen-bond acceptors (Lipinski definition) is 2. The van der Waals surface area contributed by atoms with Crippen molar-refractivity contribution in [2.45, 2.75) is 32.7 Å². The second kappa shape index (κ2) is 6.97. The number of hydrogen-bond donors (Lipinski definition) is 1. The molecule has 0 aromatic heterocycles. The molecule has 0 unspecified atom stereocenters. The highest BCUT2D eigenvalue weighted by Gasteiger charge is 2.22. The van der Waals surface area contributed by atoms with Crippen LogP contribution in [0, 0.1) is 6.92 Å². The quantitative estimate of drug-likeness (QED) is 0.873. The van der Waals surface area contributed by atoms with E-state index in [0.717, 1.165) is 18.7 Å². The van der Waals surface area contributed by atoms with E-state index in [0.29, 0.717) is 5.56 Å². The van der Waals surface area contributed by atoms with Gasteiger partial charge < -0.3 is 10.0 Å². The van der Waals surface area contributed by atoms with Crippen LogP contribution in [0.1, 0.15) is 40.9 Å². The third-order valence-electron chi connectivity index (χ3n) is 4.15. The number of nitrogens with zero attached hydrogens (tertiary/aromatic N) is 1. The zero-order valence-electron chi connectivity index (χ0n) is 14.3. The maximum atomic E-state index is 10.9. The molecule has 0 atom stereocenters. The van der Waals surface area contributed by atoms with Gasteiger partial charge >= 0.3 is 5.97 Å². The number of carbonyl (C=O) groups is 1. The van der Waals surface area contributed by atoms with Crippen LogP contribution in [-0.2, 0) is 12.0 Å². The summed E-state index contributed by atoms with van der Waals surface area (Å²) in [5.74, 6) is -0.884. The Labute approximate surface area is 138 Å². The Morgan fingerprint density at radius 2 is 1.61 bits per heavy atom. The molecule has 23 heavy (non-hydrogen) atoms. The van der Waals surface area contributed by atoms with Crippen molar-refractivity contribution in [1.82, 2.24) is 4.90 Å². The first kappa shape index (κ1) is 17.2. The number of aryl methyl sites for hydroxylation is 1. The van der Waals surface area contributed by atoms with Crippen molar-refractivity contribution in [2.75, 3.05) is 13.6 Å². The molecule has 0 fully saturated rings. The van der Waals surface area contributed by atoms with Crippen molar-refractivity contribution in [3.63, 3.8) is 0 Å². The first-order chi connectivity index (χ1) is 10.8. The lowest BCUT2D eigenvalue weighted by atomic mass is 9.84. The lowest BCUT2D eigenvalue weighted by Gasteiger charge is -2.31. The monoisotopic (exact) mass is 311 g/mol. The molecule has 1 N–H and O–H groups in total. The van der Waals surface area contributed by atoms with Crippen molar-refractivity contribution in [1.29, 1.82) is 0 Å². The number of rotatable bonds is 6. The first-order valence-corrected chi connectivity index (χ1v) is 7.86. The largest absolute Gasteiger partial charge is 0.478 e. The third-order valence-corrected chi connectivity index (χ3v) is 4.15. The maximum absolute atomic E-state index is 10.9. The molecule has 3 heteroatoms. The molecule has 0 aliphatic rings. The van der Waals surface area contributed by atoms with Gasteiger partial charge in [0.15, 0.2) is 0 Å². The van der Waals surface area contributed by atoms with Gasteiger partial charge in [-0.1, -0.05) is 55.8 Å². The zero-order valence-corrected chi connectivity index (χ0v) is 14.3. The van der Waals surface area contributed by atoms with Gasteiger partial charge in [0.2, 0.25) is 0 Å². The van der Waals surface area contributed by atoms with Crippen molar-refractivity contribution in [3.8, 4) is 0 Å². The Bertz CT molecular complexity index is 657. The van der Waals surface area contributed by atoms with Gasteiger partial charge in [-0.2, -0.15) is 0 Å². The SMILES string of the molecule is Cc1ccc(C(C)(C)CN(C)Cc2ccc(C(=O)O)cc2)cc1. The minimum atomic E-state index is -0.884. The van der Waals surface area contributed by atoms with E-state index in [2.05, 4.69) is 57.0 Å². The van der Waals surface area contributed by atoms with Crippen molar-refractivity contribution in [3.05, 3.63) is 70.8 Å². The lowest BCUT2D eigenvalue weighted by molar-refractivity contribution is 0.0697. The zero-order chi connectivity index (χ0) is 17.0. The van der Waals surface area contributed by atoms with E-state index in [1.165, 1.54) is 11.1 Å². The fourth-order valence-electron chi connectivity index (χ4n) is 2.89. The fraction of sp³-hybridized carbons (Fsp3) is 0.350. The molecular formula is C20H25NO2. The summed E-state index contributed by atoms with van der Waals surface area (Å²) in [7, 11) is 2.10. The standard InChI is InChI=1S/C20H25NO2/c1-15-5-11-18(12-6-15)20(2,3)14-21(4)13-16-7-9-17(10-8-16)19(22)23/h5-12H,13-14H2,1-4H3,(H,22,23). The topological polar surface area (TPSA) is 40.5 Å². The van der Waals surface area contributed by atoms with Crippen LogP contribution >= 0.6 is 0 Å². The summed E-state index contributed by atoms with van der Waals surface area (Å²) in [4.78, 5) is 13.2. The van der Waals surface area contributed by atoms with Crippen LogP contribution in [0.25, 0.3) is 0 Å². The lowest BCUT2D eigenvalue weighted by Crippen LogP contribution is -2.34. The fourth-order valence-corrected chi connectivity index (χ4v) is 2.89. The van der Waals surface area contributed by atoms with Crippen LogP contribution in [0.4, 0.5) is 0 Å². The molecule has 0 amide bonds. The second-order valence-corrected chi connectivity index (χ2v) is 6.92. The van der Waals surface area contributed by atoms with Gasteiger partial charge in [-0.15, -0.1) is 0 Å². The summed E-state index contributed by atoms with van der Waals surface area (Å²) >= 11 is 0. The van der Waals surface area contributed by atoms with E-state index in [-0.39, 0.29) is 5.41 Å². The van der Waals surface area contributed by atoms with Gasteiger partial charge in [0, 0.05) is 18.5 Å². The Hall–Kier alpha value is -2.13. The van der Waals surface area contributed by atoms with E-state index in [9.17, 15) is 4.79 Å². The summed E-state index contributed by atoms with van der Waals surface area (Å²) in [6.45, 7) is 8.33. The van der Waals surface area contributed by atoms with E-state index >= 15 is 0 Å². The molecular weight excluding hydrogens is 286 g/mol. The Morgan fingerprint density at radius 1 is 1.04 bits per heavy atom. The van der Waals surface area contributed by atoms with E-state index in [1.807, 2.05) is 12.1 Å². The molecule has 0 saturated carbocycles. The number of likely N-dealkylation sites (N-methyl/N-ethyl adjacent to an activating group) is 1. The van der Waals surface area contributed by atoms with Gasteiger partial charge in [-0.25, -0.2) is 4.79 Å². The van der Waals surface area contributed by atoms with Gasteiger partial charge in [-0.3, -0.25) is 0 Å². The highest BCUT2D eigenvalue weighted by atomic mass is 16.4.